The van der Waals surface area contributed by atoms with E-state index in [1.165, 1.54) is 54.6 Å². The Bertz CT molecular complexity index is 3500. The van der Waals surface area contributed by atoms with E-state index in [1.54, 1.807) is 0 Å². The first kappa shape index (κ1) is 71.3. The van der Waals surface area contributed by atoms with Crippen LogP contribution in [0.2, 0.25) is 0 Å². The first-order valence-corrected chi connectivity index (χ1v) is 23.0. The molecule has 0 amide bonds. The van der Waals surface area contributed by atoms with E-state index in [4.69, 9.17) is 0 Å². The first-order valence-electron chi connectivity index (χ1n) is 18.0. The van der Waals surface area contributed by atoms with E-state index in [1.807, 2.05) is 0 Å². The second-order valence-corrected chi connectivity index (χ2v) is 18.0. The maximum absolute atomic E-state index is 12.4. The number of azo groups is 4. The van der Waals surface area contributed by atoms with E-state index in [0.717, 1.165) is 66.7 Å². The number of phenols is 4. The van der Waals surface area contributed by atoms with E-state index >= 15 is 0 Å². The van der Waals surface area contributed by atoms with Gasteiger partial charge in [0.25, 0.3) is 11.4 Å². The predicted molar refractivity (Wildman–Crippen MR) is 222 cm³/mol. The smallest absolute Gasteiger partial charge is 0.744 e. The van der Waals surface area contributed by atoms with Crippen LogP contribution in [0.15, 0.2) is 159 Å². The molecular weight excluding hydrogens is 1200 g/mol. The molecule has 6 N–H and O–H groups in total. The molecule has 36 heteroatoms. The van der Waals surface area contributed by atoms with Crippen LogP contribution < -0.4 is 123 Å². The van der Waals surface area contributed by atoms with Crippen LogP contribution in [-0.2, 0) is 73.9 Å². The number of nitrogens with zero attached hydrogens (tertiary/aromatic N) is 8. The standard InChI is InChI=1S/C38H28N8O18S4.2Cu.4Na/c47-33-13-9-27(66(54,55)56)19-31(33)41-39-29-11-5-23(15-35(29)49)43-45(51)25-7-3-21(37(17-25)65-64-63-53)1-2-22-4-8-26(18-38(22)68(60,61)62)46(52)44-24-6-12-30(36(50)16-24)40-42-32-20-28(67(57,58)59)10-14-34(32)48;;;;;;/h1-20,51-52H,(H6,43,44,49,50,53,54,55,56,57,58,59,60,61,62);;;;;;/q;;;4*+1/p-2/b2-1+;;;;;;. The molecule has 0 heterocycles. The van der Waals surface area contributed by atoms with Crippen molar-refractivity contribution in [1.82, 2.24) is 0 Å². The van der Waals surface area contributed by atoms with E-state index < -0.39 is 79.4 Å². The summed E-state index contributed by atoms with van der Waals surface area (Å²) in [5.41, 5.74) is -1.84. The average molecular weight is 1230 g/mol. The summed E-state index contributed by atoms with van der Waals surface area (Å²) in [4.78, 5) is -1.61. The molecular formula is C38H26Cu2N8Na4O18S4+2. The number of benzene rings is 6. The Morgan fingerprint density at radius 2 is 0.892 bits per heavy atom. The largest absolute Gasteiger partial charge is 1.00 e. The van der Waals surface area contributed by atoms with Crippen LogP contribution in [0.25, 0.3) is 12.2 Å². The monoisotopic (exact) mass is 1230 g/mol. The van der Waals surface area contributed by atoms with Gasteiger partial charge in [0.2, 0.25) is 0 Å². The summed E-state index contributed by atoms with van der Waals surface area (Å²) in [6.07, 6.45) is 2.47. The van der Waals surface area contributed by atoms with Crippen LogP contribution in [-0.4, -0.2) is 79.5 Å². The Balaban J connectivity index is 0.00000888. The van der Waals surface area contributed by atoms with Gasteiger partial charge in [0.15, 0.2) is 0 Å². The third kappa shape index (κ3) is 19.6. The fraction of sp³-hybridized carbons (Fsp3) is 0. The van der Waals surface area contributed by atoms with Gasteiger partial charge in [-0.2, -0.15) is 4.33 Å². The molecule has 0 aliphatic rings. The molecule has 0 saturated carbocycles. The van der Waals surface area contributed by atoms with Crippen molar-refractivity contribution in [3.05, 3.63) is 120 Å². The summed E-state index contributed by atoms with van der Waals surface area (Å²) in [7, 11) is -15.0. The van der Waals surface area contributed by atoms with Crippen molar-refractivity contribution in [2.75, 3.05) is 0 Å². The van der Waals surface area contributed by atoms with Crippen LogP contribution in [0.3, 0.4) is 0 Å². The third-order valence-electron chi connectivity index (χ3n) is 8.66. The number of hydrogen-bond donors (Lipinski definition) is 6. The van der Waals surface area contributed by atoms with Gasteiger partial charge in [-0.15, -0.1) is 20.5 Å². The molecule has 0 saturated heterocycles. The summed E-state index contributed by atoms with van der Waals surface area (Å²) in [6, 6.07) is 18.9. The summed E-state index contributed by atoms with van der Waals surface area (Å²) < 4.78 is 109. The second-order valence-electron chi connectivity index (χ2n) is 13.2. The molecule has 6 aromatic carbocycles. The molecule has 0 aliphatic heterocycles. The Morgan fingerprint density at radius 1 is 0.486 bits per heavy atom. The van der Waals surface area contributed by atoms with Gasteiger partial charge in [-0.25, -0.2) is 25.3 Å². The Labute approximate surface area is 533 Å². The van der Waals surface area contributed by atoms with Crippen molar-refractivity contribution in [2.24, 2.45) is 30.7 Å². The molecule has 0 spiro atoms. The van der Waals surface area contributed by atoms with Crippen molar-refractivity contribution < 1.29 is 246 Å². The fourth-order valence-corrected chi connectivity index (χ4v) is 7.61. The summed E-state index contributed by atoms with van der Waals surface area (Å²) in [5.74, 6) is -2.17. The molecule has 0 bridgehead atoms. The maximum atomic E-state index is 12.4. The molecule has 0 atom stereocenters. The van der Waals surface area contributed by atoms with Crippen LogP contribution in [0, 0.1) is 0 Å². The first-order chi connectivity index (χ1) is 32.0. The maximum Gasteiger partial charge on any atom is 1.00 e. The van der Waals surface area contributed by atoms with Gasteiger partial charge in [0.1, 0.15) is 97.2 Å². The minimum atomic E-state index is -5.25. The van der Waals surface area contributed by atoms with Crippen LogP contribution >= 0.6 is 12.0 Å². The average Bonchev–Trinajstić information content (AvgIpc) is 3.27. The van der Waals surface area contributed by atoms with Gasteiger partial charge in [0, 0.05) is 70.5 Å². The molecule has 0 unspecified atom stereocenters. The molecule has 26 nitrogen and oxygen atoms in total. The molecule has 0 fully saturated rings. The summed E-state index contributed by atoms with van der Waals surface area (Å²) >= 11 is 0.355. The van der Waals surface area contributed by atoms with E-state index in [2.05, 4.69) is 40.1 Å². The quantitative estimate of drug-likeness (QED) is 0.00773. The van der Waals surface area contributed by atoms with Crippen molar-refractivity contribution in [3.8, 4) is 23.0 Å². The van der Waals surface area contributed by atoms with Gasteiger partial charge >= 0.3 is 118 Å². The second kappa shape index (κ2) is 31.0. The Kier molecular flexibility index (Phi) is 29.9. The molecule has 0 aliphatic carbocycles. The number of hydrogen-bond acceptors (Lipinski definition) is 23. The normalized spacial score (nSPS) is 11.9. The Morgan fingerprint density at radius 3 is 1.30 bits per heavy atom. The van der Waals surface area contributed by atoms with Crippen molar-refractivity contribution in [3.63, 3.8) is 0 Å². The van der Waals surface area contributed by atoms with Gasteiger partial charge < -0.3 is 39.3 Å². The van der Waals surface area contributed by atoms with Gasteiger partial charge in [0.05, 0.1) is 41.9 Å². The van der Waals surface area contributed by atoms with E-state index in [9.17, 15) is 75.0 Å². The van der Waals surface area contributed by atoms with Crippen molar-refractivity contribution in [2.45, 2.75) is 19.6 Å². The molecule has 6 aromatic rings. The molecule has 2 radical (unpaired) electrons. The van der Waals surface area contributed by atoms with Crippen molar-refractivity contribution in [1.29, 1.82) is 0 Å². The minimum Gasteiger partial charge on any atom is -0.744 e. The molecule has 6 rings (SSSR count). The minimum absolute atomic E-state index is 0. The Hall–Kier alpha value is -2.74. The fourth-order valence-electron chi connectivity index (χ4n) is 5.43. The van der Waals surface area contributed by atoms with Crippen LogP contribution in [0.1, 0.15) is 11.1 Å². The SMILES string of the molecule is O=S(=O)([O-])c1ccc(O)c(N=Nc2ccc(N=[N+](O)c3ccc(/C=C/c4ccc([N+](O)=Nc5ccc(N=Nc6cc(S(=O)(=O)[O-])ccc6O)c(O)c5)cc4S(=O)(=O)[O-])c(SOO[O-])c3)cc2O)c1.[Cu].[Cu].[Na+].[Na+].[Na+].[Na+]. The van der Waals surface area contributed by atoms with Gasteiger partial charge in [-0.05, 0) is 83.9 Å². The number of rotatable bonds is 16. The van der Waals surface area contributed by atoms with Crippen molar-refractivity contribution >= 4 is 100 Å². The molecule has 74 heavy (non-hydrogen) atoms. The third-order valence-corrected chi connectivity index (χ3v) is 11.9. The molecule has 0 aromatic heterocycles. The summed E-state index contributed by atoms with van der Waals surface area (Å²) in [5, 5.41) is 99.0. The number of phenolic OH excluding ortho intramolecular Hbond substituents is 4. The zero-order valence-electron chi connectivity index (χ0n) is 37.9. The zero-order valence-corrected chi connectivity index (χ0v) is 51.1. The summed E-state index contributed by atoms with van der Waals surface area (Å²) in [6.45, 7) is 0. The van der Waals surface area contributed by atoms with Gasteiger partial charge in [-0.1, -0.05) is 12.2 Å². The number of aromatic hydroxyl groups is 4. The van der Waals surface area contributed by atoms with E-state index in [-0.39, 0.29) is 207 Å². The van der Waals surface area contributed by atoms with E-state index in [0.29, 0.717) is 16.9 Å². The topological polar surface area (TPSA) is 415 Å². The predicted octanol–water partition coefficient (Wildman–Crippen LogP) is -4.90. The van der Waals surface area contributed by atoms with Crippen LogP contribution in [0.4, 0.5) is 45.5 Å². The zero-order chi connectivity index (χ0) is 49.6. The van der Waals surface area contributed by atoms with Gasteiger partial charge in [-0.3, -0.25) is 15.5 Å². The van der Waals surface area contributed by atoms with Crippen LogP contribution in [0.5, 0.6) is 23.0 Å². The molecule has 374 valence electrons.